The van der Waals surface area contributed by atoms with Gasteiger partial charge in [-0.05, 0) is 116 Å². The quantitative estimate of drug-likeness (QED) is 0.265. The van der Waals surface area contributed by atoms with E-state index < -0.39 is 12.1 Å². The maximum Gasteiger partial charge on any atom is 0.321 e. The van der Waals surface area contributed by atoms with Crippen molar-refractivity contribution in [1.29, 1.82) is 0 Å². The molecular weight excluding hydrogens is 604 g/mol. The number of anilines is 2. The van der Waals surface area contributed by atoms with Crippen LogP contribution in [0.25, 0.3) is 12.2 Å². The van der Waals surface area contributed by atoms with Crippen molar-refractivity contribution in [2.45, 2.75) is 117 Å². The number of nitrogens with one attached hydrogen (secondary N) is 2. The van der Waals surface area contributed by atoms with Crippen LogP contribution in [0.15, 0.2) is 48.5 Å². The van der Waals surface area contributed by atoms with E-state index in [2.05, 4.69) is 10.6 Å². The summed E-state index contributed by atoms with van der Waals surface area (Å²) in [5.74, 6) is -0.326. The molecule has 2 heterocycles. The number of nitrogens with zero attached hydrogens (tertiary/aromatic N) is 4. The van der Waals surface area contributed by atoms with Crippen LogP contribution in [0.5, 0.6) is 0 Å². The average Bonchev–Trinajstić information content (AvgIpc) is 3.72. The highest BCUT2D eigenvalue weighted by atomic mass is 16.2. The summed E-state index contributed by atoms with van der Waals surface area (Å²) >= 11 is 0. The zero-order valence-electron chi connectivity index (χ0n) is 29.9. The summed E-state index contributed by atoms with van der Waals surface area (Å²) in [6, 6.07) is 14.3. The van der Waals surface area contributed by atoms with Crippen molar-refractivity contribution in [2.24, 2.45) is 0 Å². The molecule has 48 heavy (non-hydrogen) atoms. The lowest BCUT2D eigenvalue weighted by Gasteiger charge is -2.36. The molecule has 2 aliphatic heterocycles. The van der Waals surface area contributed by atoms with Gasteiger partial charge in [0, 0.05) is 48.6 Å². The number of carbonyl (C=O) groups excluding carboxylic acids is 4. The molecule has 2 saturated heterocycles. The first-order chi connectivity index (χ1) is 22.8. The molecule has 0 spiro atoms. The van der Waals surface area contributed by atoms with Gasteiger partial charge in [0.25, 0.3) is 0 Å². The summed E-state index contributed by atoms with van der Waals surface area (Å²) in [7, 11) is 0. The molecule has 0 aliphatic carbocycles. The first-order valence-corrected chi connectivity index (χ1v) is 17.5. The number of hydrogen-bond donors (Lipinski definition) is 2. The van der Waals surface area contributed by atoms with Crippen LogP contribution < -0.4 is 10.6 Å². The highest BCUT2D eigenvalue weighted by Crippen LogP contribution is 2.25. The molecule has 2 fully saturated rings. The Balaban J connectivity index is 1.31. The van der Waals surface area contributed by atoms with E-state index in [1.807, 2.05) is 126 Å². The van der Waals surface area contributed by atoms with Gasteiger partial charge in [-0.15, -0.1) is 0 Å². The molecule has 2 aromatic rings. The molecular formula is C38H54N6O4. The third-order valence-electron chi connectivity index (χ3n) is 9.09. The second kappa shape index (κ2) is 16.2. The fraction of sp³-hybridized carbons (Fsp3) is 0.526. The van der Waals surface area contributed by atoms with E-state index in [-0.39, 0.29) is 48.0 Å². The van der Waals surface area contributed by atoms with Crippen LogP contribution >= 0.6 is 0 Å². The number of hydrogen-bond acceptors (Lipinski definition) is 4. The minimum atomic E-state index is -0.482. The number of carbonyl (C=O) groups is 4. The smallest absolute Gasteiger partial charge is 0.321 e. The third-order valence-corrected chi connectivity index (χ3v) is 9.09. The van der Waals surface area contributed by atoms with Gasteiger partial charge < -0.3 is 30.2 Å². The lowest BCUT2D eigenvalue weighted by molar-refractivity contribution is -0.120. The van der Waals surface area contributed by atoms with Gasteiger partial charge in [-0.2, -0.15) is 0 Å². The molecule has 0 aromatic heterocycles. The molecule has 6 amide bonds. The summed E-state index contributed by atoms with van der Waals surface area (Å²) in [5, 5.41) is 6.00. The van der Waals surface area contributed by atoms with E-state index in [4.69, 9.17) is 0 Å². The molecule has 0 saturated carbocycles. The van der Waals surface area contributed by atoms with E-state index in [0.29, 0.717) is 37.3 Å². The van der Waals surface area contributed by atoms with Gasteiger partial charge in [-0.1, -0.05) is 36.4 Å². The van der Waals surface area contributed by atoms with Crippen LogP contribution in [0.1, 0.15) is 92.2 Å². The minimum Gasteiger partial charge on any atom is -0.324 e. The van der Waals surface area contributed by atoms with Gasteiger partial charge in [-0.3, -0.25) is 9.59 Å². The monoisotopic (exact) mass is 658 g/mol. The highest BCUT2D eigenvalue weighted by Gasteiger charge is 2.39. The fourth-order valence-corrected chi connectivity index (χ4v) is 6.91. The summed E-state index contributed by atoms with van der Waals surface area (Å²) in [5.41, 5.74) is 3.31. The van der Waals surface area contributed by atoms with Gasteiger partial charge >= 0.3 is 12.1 Å². The van der Waals surface area contributed by atoms with Gasteiger partial charge in [0.1, 0.15) is 12.1 Å². The number of likely N-dealkylation sites (tertiary alicyclic amines) is 2. The van der Waals surface area contributed by atoms with E-state index >= 15 is 0 Å². The van der Waals surface area contributed by atoms with Crippen LogP contribution in [0.2, 0.25) is 0 Å². The molecule has 260 valence electrons. The fourth-order valence-electron chi connectivity index (χ4n) is 6.91. The number of urea groups is 2. The van der Waals surface area contributed by atoms with E-state index in [1.54, 1.807) is 9.80 Å². The molecule has 2 N–H and O–H groups in total. The minimum absolute atomic E-state index is 0.0540. The van der Waals surface area contributed by atoms with Crippen LogP contribution in [-0.4, -0.2) is 92.8 Å². The first kappa shape index (κ1) is 36.5. The molecule has 10 nitrogen and oxygen atoms in total. The van der Waals surface area contributed by atoms with E-state index in [9.17, 15) is 19.2 Å². The van der Waals surface area contributed by atoms with Gasteiger partial charge in [0.15, 0.2) is 0 Å². The van der Waals surface area contributed by atoms with Crippen LogP contribution in [0, 0.1) is 0 Å². The van der Waals surface area contributed by atoms with Gasteiger partial charge in [0.2, 0.25) is 11.8 Å². The summed E-state index contributed by atoms with van der Waals surface area (Å²) in [6.45, 7) is 17.2. The predicted octanol–water partition coefficient (Wildman–Crippen LogP) is 7.14. The third kappa shape index (κ3) is 8.76. The zero-order valence-corrected chi connectivity index (χ0v) is 29.9. The number of benzene rings is 2. The van der Waals surface area contributed by atoms with Crippen molar-refractivity contribution in [3.8, 4) is 0 Å². The van der Waals surface area contributed by atoms with Crippen molar-refractivity contribution >= 4 is 47.4 Å². The maximum absolute atomic E-state index is 13.3. The topological polar surface area (TPSA) is 105 Å². The van der Waals surface area contributed by atoms with Gasteiger partial charge in [0.05, 0.1) is 0 Å². The molecule has 0 bridgehead atoms. The standard InChI is InChI=1S/C38H54N6O4/c1-25(2)43(26(3)4)37(47)41-23-9-11-33(41)35(45)39-31-19-15-29(16-20-31)13-14-30-17-21-32(22-18-30)40-36(46)34-12-10-24-42(34)38(48)44(27(5)6)28(7)8/h13-22,25-28,33-34H,9-12,23-24H2,1-8H3,(H,39,45)(H,40,46)/b14-13+/t33-,34?/m0/s1. The second-order valence-electron chi connectivity index (χ2n) is 14.0. The van der Waals surface area contributed by atoms with Crippen molar-refractivity contribution in [2.75, 3.05) is 23.7 Å². The molecule has 1 unspecified atom stereocenters. The Kier molecular flexibility index (Phi) is 12.3. The van der Waals surface area contributed by atoms with Crippen molar-refractivity contribution < 1.29 is 19.2 Å². The Bertz CT molecular complexity index is 1330. The van der Waals surface area contributed by atoms with Crippen LogP contribution in [-0.2, 0) is 9.59 Å². The van der Waals surface area contributed by atoms with E-state index in [0.717, 1.165) is 24.0 Å². The van der Waals surface area contributed by atoms with Crippen LogP contribution in [0.3, 0.4) is 0 Å². The lowest BCUT2D eigenvalue weighted by atomic mass is 10.1. The Morgan fingerprint density at radius 1 is 0.583 bits per heavy atom. The molecule has 10 heteroatoms. The van der Waals surface area contributed by atoms with E-state index in [1.165, 1.54) is 0 Å². The average molecular weight is 659 g/mol. The normalized spacial score (nSPS) is 18.0. The second-order valence-corrected chi connectivity index (χ2v) is 14.0. The molecule has 2 aliphatic rings. The SMILES string of the molecule is CC(C)N(C(=O)N1CCCC1C(=O)Nc1ccc(/C=C/c2ccc(NC(=O)[C@@H]3CCCN3C(=O)N(C(C)C)C(C)C)cc2)cc1)C(C)C. The van der Waals surface area contributed by atoms with Crippen molar-refractivity contribution in [3.05, 3.63) is 59.7 Å². The van der Waals surface area contributed by atoms with Crippen LogP contribution in [0.4, 0.5) is 21.0 Å². The molecule has 0 radical (unpaired) electrons. The molecule has 2 atom stereocenters. The predicted molar refractivity (Wildman–Crippen MR) is 194 cm³/mol. The summed E-state index contributed by atoms with van der Waals surface area (Å²) in [4.78, 5) is 60.0. The molecule has 2 aromatic carbocycles. The Morgan fingerprint density at radius 3 is 1.19 bits per heavy atom. The summed E-state index contributed by atoms with van der Waals surface area (Å²) < 4.78 is 0. The zero-order chi connectivity index (χ0) is 35.1. The molecule has 4 rings (SSSR count). The Hall–Kier alpha value is -4.34. The largest absolute Gasteiger partial charge is 0.324 e. The Morgan fingerprint density at radius 2 is 0.896 bits per heavy atom. The maximum atomic E-state index is 13.3. The lowest BCUT2D eigenvalue weighted by Crippen LogP contribution is -2.53. The summed E-state index contributed by atoms with van der Waals surface area (Å²) in [6.07, 6.45) is 6.89. The van der Waals surface area contributed by atoms with Crippen molar-refractivity contribution in [3.63, 3.8) is 0 Å². The first-order valence-electron chi connectivity index (χ1n) is 17.5. The van der Waals surface area contributed by atoms with Crippen molar-refractivity contribution in [1.82, 2.24) is 19.6 Å². The highest BCUT2D eigenvalue weighted by molar-refractivity contribution is 5.98. The Labute approximate surface area is 286 Å². The number of rotatable bonds is 10. The van der Waals surface area contributed by atoms with Gasteiger partial charge in [-0.25, -0.2) is 9.59 Å². The number of amides is 6.